The van der Waals surface area contributed by atoms with E-state index in [0.29, 0.717) is 16.4 Å². The summed E-state index contributed by atoms with van der Waals surface area (Å²) in [4.78, 5) is 2.75. The number of nitrogens with zero attached hydrogens (tertiary/aromatic N) is 1. The van der Waals surface area contributed by atoms with Crippen molar-refractivity contribution in [2.24, 2.45) is 10.8 Å². The van der Waals surface area contributed by atoms with Crippen molar-refractivity contribution >= 4 is 0 Å². The Balaban J connectivity index is 2.24. The Hall–Kier alpha value is -0.0400. The van der Waals surface area contributed by atoms with E-state index in [0.717, 1.165) is 6.04 Å². The average molecular weight is 209 g/mol. The van der Waals surface area contributed by atoms with Crippen molar-refractivity contribution in [2.45, 2.75) is 72.4 Å². The molecule has 0 aromatic heterocycles. The predicted octanol–water partition coefficient (Wildman–Crippen LogP) is 3.69. The van der Waals surface area contributed by atoms with Crippen molar-refractivity contribution in [1.82, 2.24) is 4.90 Å². The van der Waals surface area contributed by atoms with E-state index in [-0.39, 0.29) is 0 Å². The molecule has 1 aliphatic carbocycles. The maximum absolute atomic E-state index is 2.75. The monoisotopic (exact) mass is 209 g/mol. The molecule has 2 fully saturated rings. The first kappa shape index (κ1) is 11.4. The molecule has 1 nitrogen and oxygen atoms in total. The Labute approximate surface area is 95.2 Å². The number of rotatable bonds is 0. The van der Waals surface area contributed by atoms with Crippen molar-refractivity contribution in [3.63, 3.8) is 0 Å². The second-order valence-corrected chi connectivity index (χ2v) is 8.01. The molecular weight excluding hydrogens is 182 g/mol. The van der Waals surface area contributed by atoms with Crippen LogP contribution in [0, 0.1) is 10.8 Å². The van der Waals surface area contributed by atoms with E-state index < -0.39 is 0 Å². The Kier molecular flexibility index (Phi) is 2.29. The zero-order valence-electron chi connectivity index (χ0n) is 11.4. The number of likely N-dealkylation sites (tertiary alicyclic amines) is 1. The van der Waals surface area contributed by atoms with Gasteiger partial charge in [0.1, 0.15) is 0 Å². The van der Waals surface area contributed by atoms with Gasteiger partial charge in [-0.2, -0.15) is 0 Å². The molecule has 0 radical (unpaired) electrons. The van der Waals surface area contributed by atoms with Crippen LogP contribution in [-0.2, 0) is 0 Å². The first-order chi connectivity index (χ1) is 6.61. The van der Waals surface area contributed by atoms with Crippen LogP contribution in [0.1, 0.15) is 60.8 Å². The van der Waals surface area contributed by atoms with E-state index in [9.17, 15) is 0 Å². The lowest BCUT2D eigenvalue weighted by Gasteiger charge is -2.41. The second kappa shape index (κ2) is 3.00. The fourth-order valence-corrected chi connectivity index (χ4v) is 4.24. The lowest BCUT2D eigenvalue weighted by Crippen LogP contribution is -2.45. The number of fused-ring (bicyclic) bond motifs is 2. The number of hydrogen-bond donors (Lipinski definition) is 0. The molecule has 88 valence electrons. The van der Waals surface area contributed by atoms with Gasteiger partial charge in [0.05, 0.1) is 0 Å². The summed E-state index contributed by atoms with van der Waals surface area (Å²) in [6.07, 6.45) is 4.22. The van der Waals surface area contributed by atoms with Crippen molar-refractivity contribution in [3.05, 3.63) is 0 Å². The van der Waals surface area contributed by atoms with Gasteiger partial charge in [0.2, 0.25) is 0 Å². The van der Waals surface area contributed by atoms with E-state index in [1.54, 1.807) is 0 Å². The first-order valence-corrected chi connectivity index (χ1v) is 6.38. The quantitative estimate of drug-likeness (QED) is 0.588. The summed E-state index contributed by atoms with van der Waals surface area (Å²) in [7, 11) is 0. The summed E-state index contributed by atoms with van der Waals surface area (Å²) >= 11 is 0. The third kappa shape index (κ3) is 2.08. The minimum Gasteiger partial charge on any atom is -0.295 e. The highest BCUT2D eigenvalue weighted by Gasteiger charge is 2.51. The highest BCUT2D eigenvalue weighted by atomic mass is 15.2. The Bertz CT molecular complexity index is 261. The van der Waals surface area contributed by atoms with Crippen LogP contribution in [0.2, 0.25) is 0 Å². The predicted molar refractivity (Wildman–Crippen MR) is 66.0 cm³/mol. The molecule has 1 saturated carbocycles. The summed E-state index contributed by atoms with van der Waals surface area (Å²) in [5.41, 5.74) is 1.49. The number of hydrogen-bond acceptors (Lipinski definition) is 1. The fraction of sp³-hybridized carbons (Fsp3) is 1.00. The molecule has 0 spiro atoms. The van der Waals surface area contributed by atoms with Crippen molar-refractivity contribution in [2.75, 3.05) is 6.54 Å². The van der Waals surface area contributed by atoms with Crippen LogP contribution in [0.3, 0.4) is 0 Å². The van der Waals surface area contributed by atoms with Gasteiger partial charge in [0.25, 0.3) is 0 Å². The normalized spacial score (nSPS) is 40.8. The van der Waals surface area contributed by atoms with Gasteiger partial charge < -0.3 is 0 Å². The molecule has 2 bridgehead atoms. The van der Waals surface area contributed by atoms with Crippen molar-refractivity contribution in [3.8, 4) is 0 Å². The van der Waals surface area contributed by atoms with E-state index in [1.807, 2.05) is 0 Å². The largest absolute Gasteiger partial charge is 0.295 e. The molecule has 0 aromatic carbocycles. The summed E-state index contributed by atoms with van der Waals surface area (Å²) < 4.78 is 0. The molecule has 2 atom stereocenters. The lowest BCUT2D eigenvalue weighted by molar-refractivity contribution is 0.0929. The van der Waals surface area contributed by atoms with Crippen LogP contribution in [0.25, 0.3) is 0 Å². The summed E-state index contributed by atoms with van der Waals surface area (Å²) in [5, 5.41) is 0. The van der Waals surface area contributed by atoms with Crippen molar-refractivity contribution in [1.29, 1.82) is 0 Å². The van der Waals surface area contributed by atoms with Gasteiger partial charge >= 0.3 is 0 Å². The minimum atomic E-state index is 0.350. The molecule has 1 heteroatoms. The third-order valence-electron chi connectivity index (χ3n) is 4.28. The standard InChI is InChI=1S/C14H27N/c1-12(2,3)15-10-14(6)8-11(15)7-13(4,5)9-14/h11H,7-10H2,1-6H3/t11-,14-/m1/s1. The highest BCUT2D eigenvalue weighted by molar-refractivity contribution is 5.05. The summed E-state index contributed by atoms with van der Waals surface area (Å²) in [6, 6.07) is 0.832. The molecule has 0 amide bonds. The third-order valence-corrected chi connectivity index (χ3v) is 4.28. The smallest absolute Gasteiger partial charge is 0.0128 e. The van der Waals surface area contributed by atoms with Crippen molar-refractivity contribution < 1.29 is 0 Å². The molecule has 2 aliphatic rings. The maximum Gasteiger partial charge on any atom is 0.0128 e. The Morgan fingerprint density at radius 3 is 2.20 bits per heavy atom. The van der Waals surface area contributed by atoms with Gasteiger partial charge in [-0.3, -0.25) is 4.90 Å². The lowest BCUT2D eigenvalue weighted by atomic mass is 9.65. The van der Waals surface area contributed by atoms with Crippen LogP contribution in [0.15, 0.2) is 0 Å². The average Bonchev–Trinajstić information content (AvgIpc) is 2.17. The van der Waals surface area contributed by atoms with Crippen LogP contribution in [-0.4, -0.2) is 23.0 Å². The molecular formula is C14H27N. The van der Waals surface area contributed by atoms with Gasteiger partial charge in [-0.1, -0.05) is 20.8 Å². The molecule has 0 unspecified atom stereocenters. The zero-order chi connectivity index (χ0) is 11.5. The van der Waals surface area contributed by atoms with E-state index >= 15 is 0 Å². The molecule has 1 aliphatic heterocycles. The van der Waals surface area contributed by atoms with Crippen LogP contribution >= 0.6 is 0 Å². The molecule has 1 saturated heterocycles. The summed E-state index contributed by atoms with van der Waals surface area (Å²) in [6.45, 7) is 15.8. The molecule has 15 heavy (non-hydrogen) atoms. The topological polar surface area (TPSA) is 3.24 Å². The van der Waals surface area contributed by atoms with E-state index in [1.165, 1.54) is 25.8 Å². The van der Waals surface area contributed by atoms with Gasteiger partial charge in [-0.05, 0) is 50.9 Å². The van der Waals surface area contributed by atoms with E-state index in [4.69, 9.17) is 0 Å². The SMILES string of the molecule is CC1(C)C[C@@H]2C[C@@](C)(CN2C(C)(C)C)C1. The zero-order valence-corrected chi connectivity index (χ0v) is 11.4. The molecule has 2 rings (SSSR count). The Morgan fingerprint density at radius 2 is 1.67 bits per heavy atom. The highest BCUT2D eigenvalue weighted by Crippen LogP contribution is 2.53. The van der Waals surface area contributed by atoms with Gasteiger partial charge in [0, 0.05) is 18.1 Å². The summed E-state index contributed by atoms with van der Waals surface area (Å²) in [5.74, 6) is 0. The molecule has 0 N–H and O–H groups in total. The van der Waals surface area contributed by atoms with Crippen LogP contribution < -0.4 is 0 Å². The Morgan fingerprint density at radius 1 is 1.07 bits per heavy atom. The second-order valence-electron chi connectivity index (χ2n) is 8.01. The van der Waals surface area contributed by atoms with Crippen LogP contribution in [0.5, 0.6) is 0 Å². The van der Waals surface area contributed by atoms with Gasteiger partial charge in [-0.15, -0.1) is 0 Å². The van der Waals surface area contributed by atoms with Crippen LogP contribution in [0.4, 0.5) is 0 Å². The van der Waals surface area contributed by atoms with E-state index in [2.05, 4.69) is 46.4 Å². The maximum atomic E-state index is 2.75. The van der Waals surface area contributed by atoms with Gasteiger partial charge in [-0.25, -0.2) is 0 Å². The first-order valence-electron chi connectivity index (χ1n) is 6.38. The molecule has 1 heterocycles. The molecule has 0 aromatic rings. The minimum absolute atomic E-state index is 0.350. The van der Waals surface area contributed by atoms with Gasteiger partial charge in [0.15, 0.2) is 0 Å². The fourth-order valence-electron chi connectivity index (χ4n) is 4.24.